The van der Waals surface area contributed by atoms with Crippen molar-refractivity contribution in [2.75, 3.05) is 58.9 Å². The quantitative estimate of drug-likeness (QED) is 0.649. The fourth-order valence-corrected chi connectivity index (χ4v) is 5.48. The predicted molar refractivity (Wildman–Crippen MR) is 101 cm³/mol. The molecular weight excluding hydrogens is 356 g/mol. The van der Waals surface area contributed by atoms with Crippen molar-refractivity contribution in [3.63, 3.8) is 0 Å². The smallest absolute Gasteiger partial charge is 0.282 e. The molecule has 0 aromatic carbocycles. The topological polar surface area (TPSA) is 73.4 Å². The molecule has 1 amide bonds. The summed E-state index contributed by atoms with van der Waals surface area (Å²) in [4.78, 5) is 16.2. The number of hydrogen-bond acceptors (Lipinski definition) is 5. The molecule has 26 heavy (non-hydrogen) atoms. The van der Waals surface area contributed by atoms with E-state index >= 15 is 0 Å². The molecule has 2 atom stereocenters. The summed E-state index contributed by atoms with van der Waals surface area (Å²) >= 11 is 0. The van der Waals surface area contributed by atoms with Gasteiger partial charge in [0.1, 0.15) is 0 Å². The van der Waals surface area contributed by atoms with E-state index in [-0.39, 0.29) is 18.1 Å². The molecule has 2 unspecified atom stereocenters. The first-order valence-electron chi connectivity index (χ1n) is 9.68. The predicted octanol–water partition coefficient (Wildman–Crippen LogP) is 0.217. The third kappa shape index (κ3) is 5.39. The van der Waals surface area contributed by atoms with Crippen molar-refractivity contribution in [1.82, 2.24) is 18.4 Å². The van der Waals surface area contributed by atoms with Gasteiger partial charge in [-0.15, -0.1) is 0 Å². The minimum absolute atomic E-state index is 0.0938. The van der Waals surface area contributed by atoms with E-state index in [1.54, 1.807) is 8.61 Å². The molecule has 8 nitrogen and oxygen atoms in total. The highest BCUT2D eigenvalue weighted by Gasteiger charge is 2.36. The van der Waals surface area contributed by atoms with Crippen LogP contribution in [0.1, 0.15) is 34.1 Å². The zero-order chi connectivity index (χ0) is 19.3. The van der Waals surface area contributed by atoms with E-state index < -0.39 is 10.2 Å². The summed E-state index contributed by atoms with van der Waals surface area (Å²) in [5.41, 5.74) is 0. The summed E-state index contributed by atoms with van der Waals surface area (Å²) < 4.78 is 34.8. The SMILES string of the molecule is CCN(CC)C(=O)CN1CCCN(S(=O)(=O)N2CC(C)OC(C)C2)CC1. The Morgan fingerprint density at radius 3 is 2.19 bits per heavy atom. The normalized spacial score (nSPS) is 27.2. The number of nitrogens with zero attached hydrogens (tertiary/aromatic N) is 4. The molecule has 0 aromatic rings. The Balaban J connectivity index is 1.95. The van der Waals surface area contributed by atoms with Gasteiger partial charge in [0.2, 0.25) is 5.91 Å². The van der Waals surface area contributed by atoms with Crippen LogP contribution in [0.15, 0.2) is 0 Å². The van der Waals surface area contributed by atoms with Gasteiger partial charge < -0.3 is 9.64 Å². The molecule has 2 aliphatic heterocycles. The number of hydrogen-bond donors (Lipinski definition) is 0. The maximum Gasteiger partial charge on any atom is 0.282 e. The molecule has 9 heteroatoms. The summed E-state index contributed by atoms with van der Waals surface area (Å²) in [6.07, 6.45) is 0.549. The molecule has 0 N–H and O–H groups in total. The lowest BCUT2D eigenvalue weighted by Gasteiger charge is -2.37. The van der Waals surface area contributed by atoms with Crippen molar-refractivity contribution in [2.45, 2.75) is 46.3 Å². The van der Waals surface area contributed by atoms with Crippen LogP contribution in [0.2, 0.25) is 0 Å². The molecule has 0 radical (unpaired) electrons. The van der Waals surface area contributed by atoms with Crippen molar-refractivity contribution >= 4 is 16.1 Å². The van der Waals surface area contributed by atoms with E-state index in [0.717, 1.165) is 13.0 Å². The number of carbonyl (C=O) groups excluding carboxylic acids is 1. The first kappa shape index (κ1) is 21.6. The van der Waals surface area contributed by atoms with Crippen LogP contribution in [0, 0.1) is 0 Å². The van der Waals surface area contributed by atoms with Gasteiger partial charge in [-0.05, 0) is 40.7 Å². The Kier molecular flexibility index (Phi) is 7.84. The lowest BCUT2D eigenvalue weighted by atomic mass is 10.3. The Hall–Kier alpha value is -0.740. The second-order valence-corrected chi connectivity index (χ2v) is 9.11. The minimum Gasteiger partial charge on any atom is -0.373 e. The summed E-state index contributed by atoms with van der Waals surface area (Å²) in [6.45, 7) is 12.6. The summed E-state index contributed by atoms with van der Waals surface area (Å²) in [5, 5.41) is 0. The molecule has 0 bridgehead atoms. The number of amides is 1. The number of carbonyl (C=O) groups is 1. The lowest BCUT2D eigenvalue weighted by Crippen LogP contribution is -2.53. The third-order valence-corrected chi connectivity index (χ3v) is 7.03. The monoisotopic (exact) mass is 390 g/mol. The molecule has 2 rings (SSSR count). The van der Waals surface area contributed by atoms with Crippen molar-refractivity contribution in [2.24, 2.45) is 0 Å². The van der Waals surface area contributed by atoms with Gasteiger partial charge in [-0.3, -0.25) is 9.69 Å². The fraction of sp³-hybridized carbons (Fsp3) is 0.941. The second-order valence-electron chi connectivity index (χ2n) is 7.18. The Morgan fingerprint density at radius 1 is 1.00 bits per heavy atom. The van der Waals surface area contributed by atoms with Gasteiger partial charge in [0, 0.05) is 45.8 Å². The van der Waals surface area contributed by atoms with Crippen LogP contribution >= 0.6 is 0 Å². The zero-order valence-corrected chi connectivity index (χ0v) is 17.4. The average molecular weight is 391 g/mol. The molecule has 2 fully saturated rings. The minimum atomic E-state index is -3.49. The van der Waals surface area contributed by atoms with E-state index in [1.165, 1.54) is 0 Å². The van der Waals surface area contributed by atoms with Crippen LogP contribution in [-0.2, 0) is 19.7 Å². The number of ether oxygens (including phenoxy) is 1. The Morgan fingerprint density at radius 2 is 1.62 bits per heavy atom. The molecule has 2 heterocycles. The maximum atomic E-state index is 13.0. The molecular formula is C17H34N4O4S. The second kappa shape index (κ2) is 9.45. The van der Waals surface area contributed by atoms with Gasteiger partial charge in [-0.25, -0.2) is 0 Å². The van der Waals surface area contributed by atoms with Crippen molar-refractivity contribution in [3.8, 4) is 0 Å². The zero-order valence-electron chi connectivity index (χ0n) is 16.6. The van der Waals surface area contributed by atoms with Crippen molar-refractivity contribution in [3.05, 3.63) is 0 Å². The highest BCUT2D eigenvalue weighted by atomic mass is 32.2. The summed E-state index contributed by atoms with van der Waals surface area (Å²) in [7, 11) is -3.49. The van der Waals surface area contributed by atoms with Crippen LogP contribution in [0.3, 0.4) is 0 Å². The molecule has 0 aromatic heterocycles. The van der Waals surface area contributed by atoms with Gasteiger partial charge in [0.05, 0.1) is 18.8 Å². The number of likely N-dealkylation sites (N-methyl/N-ethyl adjacent to an activating group) is 1. The van der Waals surface area contributed by atoms with Crippen LogP contribution in [0.5, 0.6) is 0 Å². The first-order valence-corrected chi connectivity index (χ1v) is 11.1. The van der Waals surface area contributed by atoms with Gasteiger partial charge in [-0.1, -0.05) is 0 Å². The maximum absolute atomic E-state index is 13.0. The van der Waals surface area contributed by atoms with Crippen molar-refractivity contribution in [1.29, 1.82) is 0 Å². The van der Waals surface area contributed by atoms with Gasteiger partial charge >= 0.3 is 0 Å². The number of morpholine rings is 1. The molecule has 0 saturated carbocycles. The van der Waals surface area contributed by atoms with Gasteiger partial charge in [-0.2, -0.15) is 17.0 Å². The third-order valence-electron chi connectivity index (χ3n) is 5.06. The summed E-state index contributed by atoms with van der Waals surface area (Å²) in [5.74, 6) is 0.113. The molecule has 0 spiro atoms. The van der Waals surface area contributed by atoms with Crippen molar-refractivity contribution < 1.29 is 17.9 Å². The van der Waals surface area contributed by atoms with E-state index in [9.17, 15) is 13.2 Å². The van der Waals surface area contributed by atoms with E-state index in [0.29, 0.717) is 52.4 Å². The molecule has 152 valence electrons. The highest BCUT2D eigenvalue weighted by Crippen LogP contribution is 2.19. The molecule has 2 aliphatic rings. The average Bonchev–Trinajstić information content (AvgIpc) is 2.81. The van der Waals surface area contributed by atoms with Gasteiger partial charge in [0.25, 0.3) is 10.2 Å². The fourth-order valence-electron chi connectivity index (χ4n) is 3.69. The van der Waals surface area contributed by atoms with E-state index in [4.69, 9.17) is 4.74 Å². The van der Waals surface area contributed by atoms with Crippen LogP contribution < -0.4 is 0 Å². The Bertz CT molecular complexity index is 557. The highest BCUT2D eigenvalue weighted by molar-refractivity contribution is 7.86. The lowest BCUT2D eigenvalue weighted by molar-refractivity contribution is -0.132. The molecule has 0 aliphatic carbocycles. The standard InChI is InChI=1S/C17H34N4O4S/c1-5-19(6-2)17(22)14-18-8-7-9-20(11-10-18)26(23,24)21-12-15(3)25-16(4)13-21/h15-16H,5-14H2,1-4H3. The van der Waals surface area contributed by atoms with Crippen LogP contribution in [-0.4, -0.2) is 104 Å². The summed E-state index contributed by atoms with van der Waals surface area (Å²) in [6, 6.07) is 0. The number of rotatable bonds is 6. The van der Waals surface area contributed by atoms with E-state index in [2.05, 4.69) is 4.90 Å². The first-order chi connectivity index (χ1) is 12.3. The van der Waals surface area contributed by atoms with Gasteiger partial charge in [0.15, 0.2) is 0 Å². The largest absolute Gasteiger partial charge is 0.373 e. The van der Waals surface area contributed by atoms with E-state index in [1.807, 2.05) is 32.6 Å². The van der Waals surface area contributed by atoms with Crippen LogP contribution in [0.4, 0.5) is 0 Å². The van der Waals surface area contributed by atoms with Crippen LogP contribution in [0.25, 0.3) is 0 Å². The molecule has 2 saturated heterocycles. The Labute approximate surface area is 158 Å².